The first-order chi connectivity index (χ1) is 7.20. The maximum atomic E-state index is 11.6. The van der Waals surface area contributed by atoms with Crippen molar-refractivity contribution in [2.45, 2.75) is 19.8 Å². The second kappa shape index (κ2) is 5.76. The number of carbonyl (C=O) groups is 1. The Bertz CT molecular complexity index is 347. The summed E-state index contributed by atoms with van der Waals surface area (Å²) < 4.78 is 4.77. The Morgan fingerprint density at radius 1 is 1.47 bits per heavy atom. The molecule has 0 N–H and O–H groups in total. The van der Waals surface area contributed by atoms with Gasteiger partial charge in [-0.1, -0.05) is 18.2 Å². The first-order valence-corrected chi connectivity index (χ1v) is 5.47. The van der Waals surface area contributed by atoms with Gasteiger partial charge in [-0.05, 0) is 30.9 Å². The first-order valence-electron chi connectivity index (χ1n) is 4.93. The zero-order valence-electron chi connectivity index (χ0n) is 9.05. The van der Waals surface area contributed by atoms with Crippen molar-refractivity contribution in [3.63, 3.8) is 0 Å². The average molecular weight is 227 g/mol. The largest absolute Gasteiger partial charge is 0.465 e. The minimum Gasteiger partial charge on any atom is -0.465 e. The molecule has 1 aromatic rings. The van der Waals surface area contributed by atoms with Crippen molar-refractivity contribution >= 4 is 17.6 Å². The molecule has 0 aliphatic carbocycles. The van der Waals surface area contributed by atoms with Gasteiger partial charge in [-0.3, -0.25) is 0 Å². The van der Waals surface area contributed by atoms with E-state index in [1.165, 1.54) is 7.11 Å². The standard InChI is InChI=1S/C12H15ClO2/c1-9-5-3-6-10(7-4-8-13)11(9)12(14)15-2/h3,5-6H,4,7-8H2,1-2H3. The summed E-state index contributed by atoms with van der Waals surface area (Å²) in [4.78, 5) is 11.6. The van der Waals surface area contributed by atoms with Crippen molar-refractivity contribution in [2.24, 2.45) is 0 Å². The van der Waals surface area contributed by atoms with Gasteiger partial charge in [-0.25, -0.2) is 4.79 Å². The Morgan fingerprint density at radius 3 is 2.80 bits per heavy atom. The van der Waals surface area contributed by atoms with E-state index >= 15 is 0 Å². The molecule has 0 atom stereocenters. The Kier molecular flexibility index (Phi) is 4.63. The van der Waals surface area contributed by atoms with Gasteiger partial charge in [0.15, 0.2) is 0 Å². The highest BCUT2D eigenvalue weighted by molar-refractivity contribution is 6.17. The molecule has 0 aliphatic heterocycles. The summed E-state index contributed by atoms with van der Waals surface area (Å²) in [7, 11) is 1.40. The highest BCUT2D eigenvalue weighted by atomic mass is 35.5. The molecule has 82 valence electrons. The Labute approximate surface area is 95.2 Å². The second-order valence-corrected chi connectivity index (χ2v) is 3.77. The number of hydrogen-bond acceptors (Lipinski definition) is 2. The molecule has 0 saturated heterocycles. The number of methoxy groups -OCH3 is 1. The molecule has 0 fully saturated rings. The highest BCUT2D eigenvalue weighted by Crippen LogP contribution is 2.17. The van der Waals surface area contributed by atoms with E-state index in [4.69, 9.17) is 16.3 Å². The lowest BCUT2D eigenvalue weighted by Gasteiger charge is -2.09. The molecule has 0 aliphatic rings. The van der Waals surface area contributed by atoms with Crippen LogP contribution in [0.1, 0.15) is 27.9 Å². The van der Waals surface area contributed by atoms with Gasteiger partial charge in [0.1, 0.15) is 0 Å². The van der Waals surface area contributed by atoms with Crippen molar-refractivity contribution in [1.29, 1.82) is 0 Å². The fourth-order valence-electron chi connectivity index (χ4n) is 1.59. The van der Waals surface area contributed by atoms with Crippen molar-refractivity contribution < 1.29 is 9.53 Å². The molecule has 0 aromatic heterocycles. The van der Waals surface area contributed by atoms with Gasteiger partial charge >= 0.3 is 5.97 Å². The molecule has 0 saturated carbocycles. The molecule has 0 bridgehead atoms. The normalized spacial score (nSPS) is 10.1. The van der Waals surface area contributed by atoms with Crippen LogP contribution in [0.5, 0.6) is 0 Å². The monoisotopic (exact) mass is 226 g/mol. The zero-order chi connectivity index (χ0) is 11.3. The van der Waals surface area contributed by atoms with Crippen molar-refractivity contribution in [1.82, 2.24) is 0 Å². The van der Waals surface area contributed by atoms with Crippen LogP contribution in [0.2, 0.25) is 0 Å². The third-order valence-electron chi connectivity index (χ3n) is 2.33. The summed E-state index contributed by atoms with van der Waals surface area (Å²) in [5.41, 5.74) is 2.65. The van der Waals surface area contributed by atoms with Crippen LogP contribution in [0.3, 0.4) is 0 Å². The van der Waals surface area contributed by atoms with Crippen LogP contribution < -0.4 is 0 Å². The SMILES string of the molecule is COC(=O)c1c(C)cccc1CCCCl. The van der Waals surface area contributed by atoms with E-state index in [0.29, 0.717) is 11.4 Å². The molecule has 3 heteroatoms. The quantitative estimate of drug-likeness (QED) is 0.583. The Balaban J connectivity index is 3.03. The molecule has 0 unspecified atom stereocenters. The fourth-order valence-corrected chi connectivity index (χ4v) is 1.72. The van der Waals surface area contributed by atoms with Crippen LogP contribution in [0.25, 0.3) is 0 Å². The first kappa shape index (κ1) is 12.1. The van der Waals surface area contributed by atoms with Gasteiger partial charge in [0.25, 0.3) is 0 Å². The van der Waals surface area contributed by atoms with E-state index in [2.05, 4.69) is 0 Å². The number of ether oxygens (including phenoxy) is 1. The van der Waals surface area contributed by atoms with Crippen LogP contribution in [-0.4, -0.2) is 19.0 Å². The number of esters is 1. The van der Waals surface area contributed by atoms with E-state index in [0.717, 1.165) is 24.0 Å². The summed E-state index contributed by atoms with van der Waals surface area (Å²) >= 11 is 5.64. The number of halogens is 1. The average Bonchev–Trinajstić information content (AvgIpc) is 2.25. The lowest BCUT2D eigenvalue weighted by atomic mass is 9.99. The predicted octanol–water partition coefficient (Wildman–Crippen LogP) is 2.95. The zero-order valence-corrected chi connectivity index (χ0v) is 9.80. The topological polar surface area (TPSA) is 26.3 Å². The molecule has 1 aromatic carbocycles. The molecule has 0 spiro atoms. The molecule has 0 heterocycles. The van der Waals surface area contributed by atoms with Gasteiger partial charge in [-0.15, -0.1) is 11.6 Å². The van der Waals surface area contributed by atoms with Crippen LogP contribution >= 0.6 is 11.6 Å². The molecule has 0 radical (unpaired) electrons. The van der Waals surface area contributed by atoms with Crippen molar-refractivity contribution in [2.75, 3.05) is 13.0 Å². The number of rotatable bonds is 4. The van der Waals surface area contributed by atoms with Crippen LogP contribution in [0, 0.1) is 6.92 Å². The van der Waals surface area contributed by atoms with Crippen molar-refractivity contribution in [3.8, 4) is 0 Å². The Morgan fingerprint density at radius 2 is 2.20 bits per heavy atom. The van der Waals surface area contributed by atoms with E-state index in [1.54, 1.807) is 0 Å². The van der Waals surface area contributed by atoms with E-state index in [-0.39, 0.29) is 5.97 Å². The molecule has 1 rings (SSSR count). The molecule has 0 amide bonds. The third-order valence-corrected chi connectivity index (χ3v) is 2.60. The van der Waals surface area contributed by atoms with Crippen molar-refractivity contribution in [3.05, 3.63) is 34.9 Å². The third kappa shape index (κ3) is 2.96. The van der Waals surface area contributed by atoms with E-state index in [9.17, 15) is 4.79 Å². The summed E-state index contributed by atoms with van der Waals surface area (Å²) in [6.45, 7) is 1.91. The maximum Gasteiger partial charge on any atom is 0.338 e. The lowest BCUT2D eigenvalue weighted by Crippen LogP contribution is -2.08. The van der Waals surface area contributed by atoms with Gasteiger partial charge in [0, 0.05) is 5.88 Å². The summed E-state index contributed by atoms with van der Waals surface area (Å²) in [6, 6.07) is 5.81. The van der Waals surface area contributed by atoms with Crippen LogP contribution in [0.15, 0.2) is 18.2 Å². The Hall–Kier alpha value is -1.02. The van der Waals surface area contributed by atoms with Gasteiger partial charge in [0.05, 0.1) is 12.7 Å². The summed E-state index contributed by atoms with van der Waals surface area (Å²) in [6.07, 6.45) is 1.69. The molecule has 15 heavy (non-hydrogen) atoms. The molecular formula is C12H15ClO2. The number of hydrogen-bond donors (Lipinski definition) is 0. The maximum absolute atomic E-state index is 11.6. The molecular weight excluding hydrogens is 212 g/mol. The number of carbonyl (C=O) groups excluding carboxylic acids is 1. The fraction of sp³-hybridized carbons (Fsp3) is 0.417. The number of benzene rings is 1. The highest BCUT2D eigenvalue weighted by Gasteiger charge is 2.13. The molecule has 2 nitrogen and oxygen atoms in total. The minimum absolute atomic E-state index is 0.266. The van der Waals surface area contributed by atoms with E-state index < -0.39 is 0 Å². The minimum atomic E-state index is -0.266. The number of alkyl halides is 1. The van der Waals surface area contributed by atoms with Crippen LogP contribution in [-0.2, 0) is 11.2 Å². The van der Waals surface area contributed by atoms with Gasteiger partial charge in [0.2, 0.25) is 0 Å². The van der Waals surface area contributed by atoms with Gasteiger partial charge < -0.3 is 4.74 Å². The van der Waals surface area contributed by atoms with E-state index in [1.807, 2.05) is 25.1 Å². The summed E-state index contributed by atoms with van der Waals surface area (Å²) in [5, 5.41) is 0. The number of aryl methyl sites for hydroxylation is 2. The summed E-state index contributed by atoms with van der Waals surface area (Å²) in [5.74, 6) is 0.340. The van der Waals surface area contributed by atoms with Crippen LogP contribution in [0.4, 0.5) is 0 Å². The lowest BCUT2D eigenvalue weighted by molar-refractivity contribution is 0.0598. The second-order valence-electron chi connectivity index (χ2n) is 3.39. The smallest absolute Gasteiger partial charge is 0.338 e. The predicted molar refractivity (Wildman–Crippen MR) is 61.6 cm³/mol. The van der Waals surface area contributed by atoms with Gasteiger partial charge in [-0.2, -0.15) is 0 Å².